The van der Waals surface area contributed by atoms with Gasteiger partial charge in [-0.25, -0.2) is 0 Å². The molecule has 1 unspecified atom stereocenters. The molecule has 0 fully saturated rings. The number of hydrogen-bond donors (Lipinski definition) is 0. The van der Waals surface area contributed by atoms with Crippen molar-refractivity contribution in [1.82, 2.24) is 0 Å². The number of unbranched alkanes of at least 4 members (excludes halogenated alkanes) is 3. The van der Waals surface area contributed by atoms with Crippen LogP contribution in [-0.4, -0.2) is 25.3 Å². The van der Waals surface area contributed by atoms with Crippen LogP contribution in [0.15, 0.2) is 18.2 Å². The van der Waals surface area contributed by atoms with Crippen LogP contribution in [0.1, 0.15) is 91.9 Å². The molecule has 4 nitrogen and oxygen atoms in total. The van der Waals surface area contributed by atoms with Gasteiger partial charge in [0.25, 0.3) is 0 Å². The fourth-order valence-corrected chi connectivity index (χ4v) is 5.07. The number of carbonyl (C=O) groups is 1. The minimum Gasteiger partial charge on any atom is -0.493 e. The Morgan fingerprint density at radius 1 is 0.714 bits per heavy atom. The third-order valence-electron chi connectivity index (χ3n) is 6.14. The van der Waals surface area contributed by atoms with Crippen molar-refractivity contribution in [1.29, 1.82) is 0 Å². The monoisotopic (exact) mass is 493 g/mol. The van der Waals surface area contributed by atoms with Crippen molar-refractivity contribution >= 4 is 19.4 Å². The predicted octanol–water partition coefficient (Wildman–Crippen LogP) is 4.61. The molecule has 0 saturated carbocycles. The van der Waals surface area contributed by atoms with E-state index in [0.717, 1.165) is 66.3 Å². The van der Waals surface area contributed by atoms with E-state index in [9.17, 15) is 4.79 Å². The molecule has 0 aliphatic carbocycles. The zero-order valence-corrected chi connectivity index (χ0v) is 24.2. The van der Waals surface area contributed by atoms with E-state index in [4.69, 9.17) is 14.2 Å². The minimum absolute atomic E-state index is 0. The van der Waals surface area contributed by atoms with E-state index >= 15 is 0 Å². The molecule has 0 aliphatic rings. The average Bonchev–Trinajstić information content (AvgIpc) is 2.80. The van der Waals surface area contributed by atoms with Crippen LogP contribution in [0.4, 0.5) is 0 Å². The zero-order chi connectivity index (χ0) is 25.1. The quantitative estimate of drug-likeness (QED) is 0.207. The van der Waals surface area contributed by atoms with Gasteiger partial charge < -0.3 is 14.2 Å². The van der Waals surface area contributed by atoms with Crippen LogP contribution in [-0.2, 0) is 0 Å². The number of rotatable bonds is 15. The molecular weight excluding hydrogens is 450 g/mol. The third-order valence-corrected chi connectivity index (χ3v) is 7.36. The summed E-state index contributed by atoms with van der Waals surface area (Å²) in [4.78, 5) is 13.6. The SMILES string of the molecule is CCCCOc1cc(OCCCC)c(PC(=O)c2c(C)cc(C)c(C)c2C)c(OCCCC)c1.[Li+]. The summed E-state index contributed by atoms with van der Waals surface area (Å²) >= 11 is 0. The molecule has 6 heteroatoms. The molecule has 35 heavy (non-hydrogen) atoms. The molecule has 0 aliphatic heterocycles. The molecule has 0 aromatic heterocycles. The first-order chi connectivity index (χ1) is 16.3. The Morgan fingerprint density at radius 2 is 1.20 bits per heavy atom. The number of carbonyl (C=O) groups excluding carboxylic acids is 1. The molecule has 0 saturated heterocycles. The van der Waals surface area contributed by atoms with Gasteiger partial charge >= 0.3 is 18.9 Å². The van der Waals surface area contributed by atoms with E-state index in [1.54, 1.807) is 0 Å². The first-order valence-electron chi connectivity index (χ1n) is 12.8. The maximum absolute atomic E-state index is 13.6. The van der Waals surface area contributed by atoms with Crippen molar-refractivity contribution in [2.45, 2.75) is 87.0 Å². The summed E-state index contributed by atoms with van der Waals surface area (Å²) in [5.74, 6) is 2.16. The van der Waals surface area contributed by atoms with Gasteiger partial charge in [0.1, 0.15) is 17.2 Å². The molecule has 2 aromatic carbocycles. The van der Waals surface area contributed by atoms with Gasteiger partial charge in [0.05, 0.1) is 25.1 Å². The molecule has 0 heterocycles. The van der Waals surface area contributed by atoms with E-state index in [1.165, 1.54) is 11.1 Å². The second kappa shape index (κ2) is 16.3. The first-order valence-corrected chi connectivity index (χ1v) is 13.8. The van der Waals surface area contributed by atoms with E-state index < -0.39 is 0 Å². The van der Waals surface area contributed by atoms with Gasteiger partial charge in [0.15, 0.2) is 5.52 Å². The molecule has 0 radical (unpaired) electrons. The molecule has 0 N–H and O–H groups in total. The maximum Gasteiger partial charge on any atom is 1.00 e. The number of aryl methyl sites for hydroxylation is 2. The Hall–Kier alpha value is -1.46. The Balaban J connectivity index is 0.00000612. The summed E-state index contributed by atoms with van der Waals surface area (Å²) < 4.78 is 18.4. The first kappa shape index (κ1) is 31.6. The molecule has 2 aromatic rings. The van der Waals surface area contributed by atoms with Crippen molar-refractivity contribution in [3.8, 4) is 17.2 Å². The van der Waals surface area contributed by atoms with E-state index in [2.05, 4.69) is 47.6 Å². The number of benzene rings is 2. The molecule has 2 rings (SSSR count). The van der Waals surface area contributed by atoms with Crippen LogP contribution >= 0.6 is 8.58 Å². The van der Waals surface area contributed by atoms with Gasteiger partial charge in [-0.15, -0.1) is 0 Å². The molecular formula is C29H43LiO4P+. The van der Waals surface area contributed by atoms with Crippen molar-refractivity contribution in [2.75, 3.05) is 19.8 Å². The molecule has 0 amide bonds. The fraction of sp³-hybridized carbons (Fsp3) is 0.552. The van der Waals surface area contributed by atoms with Gasteiger partial charge in [-0.05, 0) is 77.8 Å². The van der Waals surface area contributed by atoms with E-state index in [1.807, 2.05) is 19.1 Å². The van der Waals surface area contributed by atoms with Crippen LogP contribution in [0.25, 0.3) is 0 Å². The Labute approximate surface area is 226 Å². The van der Waals surface area contributed by atoms with Crippen molar-refractivity contribution < 1.29 is 37.9 Å². The largest absolute Gasteiger partial charge is 1.00 e. The maximum atomic E-state index is 13.6. The second-order valence-electron chi connectivity index (χ2n) is 8.99. The van der Waals surface area contributed by atoms with Crippen LogP contribution in [0.5, 0.6) is 17.2 Å². The molecule has 0 bridgehead atoms. The topological polar surface area (TPSA) is 44.8 Å². The van der Waals surface area contributed by atoms with Crippen LogP contribution < -0.4 is 38.4 Å². The third kappa shape index (κ3) is 9.17. The van der Waals surface area contributed by atoms with Gasteiger partial charge in [-0.1, -0.05) is 46.1 Å². The molecule has 188 valence electrons. The summed E-state index contributed by atoms with van der Waals surface area (Å²) in [6.07, 6.45) is 6.07. The number of hydrogen-bond acceptors (Lipinski definition) is 4. The van der Waals surface area contributed by atoms with Gasteiger partial charge in [-0.2, -0.15) is 0 Å². The zero-order valence-electron chi connectivity index (χ0n) is 23.2. The van der Waals surface area contributed by atoms with Gasteiger partial charge in [0, 0.05) is 17.7 Å². The molecule has 1 atom stereocenters. The van der Waals surface area contributed by atoms with Crippen LogP contribution in [0.2, 0.25) is 0 Å². The van der Waals surface area contributed by atoms with Crippen molar-refractivity contribution in [3.63, 3.8) is 0 Å². The smallest absolute Gasteiger partial charge is 0.493 e. The summed E-state index contributed by atoms with van der Waals surface area (Å²) in [7, 11) is -0.0826. The fourth-order valence-electron chi connectivity index (χ4n) is 3.80. The Kier molecular flexibility index (Phi) is 14.7. The second-order valence-corrected chi connectivity index (χ2v) is 10.2. The normalized spacial score (nSPS) is 10.9. The van der Waals surface area contributed by atoms with Gasteiger partial charge in [0.2, 0.25) is 0 Å². The summed E-state index contributed by atoms with van der Waals surface area (Å²) in [5.41, 5.74) is 5.44. The number of ether oxygens (including phenoxy) is 3. The standard InChI is InChI=1S/C29H43O4P.Li/c1-8-11-14-31-24-18-25(32-15-12-9-2)28(26(19-24)33-16-13-10-3)34-29(30)27-21(5)17-20(4)22(6)23(27)7;/h17-19,34H,8-16H2,1-7H3;/q;+1. The Bertz CT molecular complexity index is 927. The van der Waals surface area contributed by atoms with E-state index in [0.29, 0.717) is 31.3 Å². The Morgan fingerprint density at radius 3 is 1.69 bits per heavy atom. The summed E-state index contributed by atoms with van der Waals surface area (Å²) in [6.45, 7) is 16.6. The van der Waals surface area contributed by atoms with Gasteiger partial charge in [-0.3, -0.25) is 4.79 Å². The predicted molar refractivity (Wildman–Crippen MR) is 145 cm³/mol. The van der Waals surface area contributed by atoms with Crippen LogP contribution in [0.3, 0.4) is 0 Å². The molecule has 0 spiro atoms. The van der Waals surface area contributed by atoms with Crippen LogP contribution in [0, 0.1) is 27.7 Å². The van der Waals surface area contributed by atoms with Crippen molar-refractivity contribution in [2.24, 2.45) is 0 Å². The van der Waals surface area contributed by atoms with E-state index in [-0.39, 0.29) is 33.0 Å². The average molecular weight is 494 g/mol. The summed E-state index contributed by atoms with van der Waals surface area (Å²) in [5, 5.41) is 0.845. The summed E-state index contributed by atoms with van der Waals surface area (Å²) in [6, 6.07) is 5.99. The minimum atomic E-state index is -0.0826. The van der Waals surface area contributed by atoms with Crippen molar-refractivity contribution in [3.05, 3.63) is 46.0 Å².